The van der Waals surface area contributed by atoms with Crippen molar-refractivity contribution in [3.63, 3.8) is 0 Å². The highest BCUT2D eigenvalue weighted by molar-refractivity contribution is 5.92. The van der Waals surface area contributed by atoms with Crippen LogP contribution in [-0.4, -0.2) is 17.3 Å². The molecule has 0 aliphatic carbocycles. The molecule has 30 heavy (non-hydrogen) atoms. The minimum Gasteiger partial charge on any atom is -0.483 e. The van der Waals surface area contributed by atoms with Crippen molar-refractivity contribution >= 4 is 5.91 Å². The highest BCUT2D eigenvalue weighted by Crippen LogP contribution is 2.32. The van der Waals surface area contributed by atoms with E-state index < -0.39 is 11.3 Å². The van der Waals surface area contributed by atoms with E-state index >= 15 is 0 Å². The normalized spacial score (nSPS) is 11.9. The third-order valence-corrected chi connectivity index (χ3v) is 4.63. The summed E-state index contributed by atoms with van der Waals surface area (Å²) in [6.07, 6.45) is 1.46. The van der Waals surface area contributed by atoms with Crippen LogP contribution < -0.4 is 25.0 Å². The fourth-order valence-electron chi connectivity index (χ4n) is 3.01. The lowest BCUT2D eigenvalue weighted by molar-refractivity contribution is 0.0941. The molecule has 0 radical (unpaired) electrons. The Balaban J connectivity index is 1.41. The summed E-state index contributed by atoms with van der Waals surface area (Å²) in [5.41, 5.74) is 1.36. The molecule has 1 N–H and O–H groups in total. The Bertz CT molecular complexity index is 1140. The Kier molecular flexibility index (Phi) is 5.38. The molecule has 1 aromatic heterocycles. The Morgan fingerprint density at radius 2 is 1.83 bits per heavy atom. The van der Waals surface area contributed by atoms with E-state index in [-0.39, 0.29) is 37.2 Å². The van der Waals surface area contributed by atoms with Crippen LogP contribution in [0.25, 0.3) is 0 Å². The number of halogens is 1. The van der Waals surface area contributed by atoms with E-state index in [4.69, 9.17) is 14.2 Å². The number of nitrogens with one attached hydrogen (secondary N) is 1. The number of nitrogens with zero attached hydrogens (tertiary/aromatic N) is 1. The number of fused-ring (bicyclic) bond motifs is 1. The molecular weight excluding hydrogens is 391 g/mol. The van der Waals surface area contributed by atoms with Gasteiger partial charge in [0.05, 0.1) is 6.20 Å². The van der Waals surface area contributed by atoms with Gasteiger partial charge in [0, 0.05) is 19.7 Å². The van der Waals surface area contributed by atoms with Gasteiger partial charge in [0.2, 0.25) is 12.2 Å². The molecule has 0 atom stereocenters. The summed E-state index contributed by atoms with van der Waals surface area (Å²) < 4.78 is 30.6. The van der Waals surface area contributed by atoms with Crippen LogP contribution in [0.2, 0.25) is 0 Å². The first kappa shape index (κ1) is 19.5. The predicted molar refractivity (Wildman–Crippen MR) is 106 cm³/mol. The van der Waals surface area contributed by atoms with Crippen molar-refractivity contribution in [1.82, 2.24) is 9.88 Å². The van der Waals surface area contributed by atoms with Crippen molar-refractivity contribution in [1.29, 1.82) is 0 Å². The number of aryl methyl sites for hydroxylation is 1. The Labute approximate surface area is 171 Å². The van der Waals surface area contributed by atoms with Gasteiger partial charge in [0.25, 0.3) is 5.91 Å². The summed E-state index contributed by atoms with van der Waals surface area (Å²) >= 11 is 0. The van der Waals surface area contributed by atoms with Gasteiger partial charge in [-0.15, -0.1) is 0 Å². The molecule has 0 saturated carbocycles. The molecule has 7 nitrogen and oxygen atoms in total. The van der Waals surface area contributed by atoms with Gasteiger partial charge in [0.1, 0.15) is 18.1 Å². The summed E-state index contributed by atoms with van der Waals surface area (Å²) in [6, 6.07) is 12.5. The molecule has 2 aromatic carbocycles. The Morgan fingerprint density at radius 1 is 1.10 bits per heavy atom. The minimum atomic E-state index is -0.413. The Hall–Kier alpha value is -3.81. The second-order valence-electron chi connectivity index (χ2n) is 6.78. The van der Waals surface area contributed by atoms with Gasteiger partial charge in [-0.25, -0.2) is 4.39 Å². The molecule has 1 aliphatic rings. The van der Waals surface area contributed by atoms with E-state index in [2.05, 4.69) is 5.32 Å². The number of amides is 1. The number of aromatic nitrogens is 1. The van der Waals surface area contributed by atoms with Crippen LogP contribution >= 0.6 is 0 Å². The van der Waals surface area contributed by atoms with Crippen molar-refractivity contribution < 1.29 is 23.4 Å². The van der Waals surface area contributed by atoms with Crippen LogP contribution in [0.3, 0.4) is 0 Å². The van der Waals surface area contributed by atoms with E-state index in [1.807, 2.05) is 6.07 Å². The molecule has 8 heteroatoms. The standard InChI is InChI=1S/C22H19FN2O5/c1-25-11-21(28-12-14-2-5-16(23)6-3-14)18(26)9-17(25)22(27)24-10-15-4-7-19-20(8-15)30-13-29-19/h2-9,11H,10,12-13H2,1H3,(H,24,27). The molecule has 2 heterocycles. The minimum absolute atomic E-state index is 0.106. The van der Waals surface area contributed by atoms with Crippen LogP contribution in [0.4, 0.5) is 4.39 Å². The monoisotopic (exact) mass is 410 g/mol. The molecule has 0 fully saturated rings. The fraction of sp³-hybridized carbons (Fsp3) is 0.182. The molecule has 154 valence electrons. The van der Waals surface area contributed by atoms with Crippen LogP contribution in [0.1, 0.15) is 21.6 Å². The van der Waals surface area contributed by atoms with Gasteiger partial charge in [-0.3, -0.25) is 9.59 Å². The smallest absolute Gasteiger partial charge is 0.268 e. The second kappa shape index (κ2) is 8.28. The van der Waals surface area contributed by atoms with Crippen molar-refractivity contribution in [3.8, 4) is 17.2 Å². The van der Waals surface area contributed by atoms with E-state index in [1.54, 1.807) is 31.3 Å². The number of ether oxygens (including phenoxy) is 3. The highest BCUT2D eigenvalue weighted by atomic mass is 19.1. The topological polar surface area (TPSA) is 78.8 Å². The van der Waals surface area contributed by atoms with Gasteiger partial charge in [0.15, 0.2) is 17.2 Å². The zero-order valence-corrected chi connectivity index (χ0v) is 16.2. The first-order valence-electron chi connectivity index (χ1n) is 9.24. The summed E-state index contributed by atoms with van der Waals surface area (Å²) in [5.74, 6) is 0.678. The maximum atomic E-state index is 13.0. The number of hydrogen-bond donors (Lipinski definition) is 1. The number of rotatable bonds is 6. The van der Waals surface area contributed by atoms with E-state index in [0.717, 1.165) is 11.1 Å². The molecule has 0 bridgehead atoms. The molecule has 0 saturated heterocycles. The fourth-order valence-corrected chi connectivity index (χ4v) is 3.01. The van der Waals surface area contributed by atoms with Crippen LogP contribution in [0.15, 0.2) is 59.5 Å². The van der Waals surface area contributed by atoms with Crippen LogP contribution in [-0.2, 0) is 20.2 Å². The highest BCUT2D eigenvalue weighted by Gasteiger charge is 2.15. The summed E-state index contributed by atoms with van der Waals surface area (Å²) in [5, 5.41) is 2.79. The van der Waals surface area contributed by atoms with E-state index in [9.17, 15) is 14.0 Å². The lowest BCUT2D eigenvalue weighted by atomic mass is 10.2. The van der Waals surface area contributed by atoms with Gasteiger partial charge in [-0.2, -0.15) is 0 Å². The maximum absolute atomic E-state index is 13.0. The van der Waals surface area contributed by atoms with Crippen molar-refractivity contribution in [2.45, 2.75) is 13.2 Å². The van der Waals surface area contributed by atoms with E-state index in [0.29, 0.717) is 11.5 Å². The number of hydrogen-bond acceptors (Lipinski definition) is 5. The summed E-state index contributed by atoms with van der Waals surface area (Å²) in [7, 11) is 1.65. The molecule has 1 aliphatic heterocycles. The molecule has 0 spiro atoms. The van der Waals surface area contributed by atoms with Crippen LogP contribution in [0, 0.1) is 5.82 Å². The summed E-state index contributed by atoms with van der Waals surface area (Å²) in [6.45, 7) is 0.570. The zero-order chi connectivity index (χ0) is 21.1. The molecule has 3 aromatic rings. The molecule has 4 rings (SSSR count). The lowest BCUT2D eigenvalue weighted by Crippen LogP contribution is -2.27. The number of carbonyl (C=O) groups excluding carboxylic acids is 1. The van der Waals surface area contributed by atoms with Gasteiger partial charge < -0.3 is 24.1 Å². The third-order valence-electron chi connectivity index (χ3n) is 4.63. The molecular formula is C22H19FN2O5. The zero-order valence-electron chi connectivity index (χ0n) is 16.2. The maximum Gasteiger partial charge on any atom is 0.268 e. The van der Waals surface area contributed by atoms with Crippen LogP contribution in [0.5, 0.6) is 17.2 Å². The van der Waals surface area contributed by atoms with Crippen molar-refractivity contribution in [3.05, 3.63) is 87.6 Å². The van der Waals surface area contributed by atoms with Gasteiger partial charge in [-0.1, -0.05) is 18.2 Å². The first-order chi connectivity index (χ1) is 14.5. The third kappa shape index (κ3) is 4.27. The van der Waals surface area contributed by atoms with E-state index in [1.165, 1.54) is 29.0 Å². The number of benzene rings is 2. The predicted octanol–water partition coefficient (Wildman–Crippen LogP) is 2.76. The van der Waals surface area contributed by atoms with Gasteiger partial charge in [-0.05, 0) is 35.4 Å². The SMILES string of the molecule is Cn1cc(OCc2ccc(F)cc2)c(=O)cc1C(=O)NCc1ccc2c(c1)OCO2. The quantitative estimate of drug-likeness (QED) is 0.676. The Morgan fingerprint density at radius 3 is 2.63 bits per heavy atom. The largest absolute Gasteiger partial charge is 0.483 e. The second-order valence-corrected chi connectivity index (χ2v) is 6.78. The van der Waals surface area contributed by atoms with Gasteiger partial charge >= 0.3 is 0 Å². The first-order valence-corrected chi connectivity index (χ1v) is 9.24. The lowest BCUT2D eigenvalue weighted by Gasteiger charge is -2.12. The average molecular weight is 410 g/mol. The molecule has 1 amide bonds. The number of carbonyl (C=O) groups is 1. The summed E-state index contributed by atoms with van der Waals surface area (Å²) in [4.78, 5) is 24.9. The molecule has 0 unspecified atom stereocenters. The van der Waals surface area contributed by atoms with Crippen molar-refractivity contribution in [2.75, 3.05) is 6.79 Å². The average Bonchev–Trinajstić information content (AvgIpc) is 3.21. The van der Waals surface area contributed by atoms with Crippen molar-refractivity contribution in [2.24, 2.45) is 7.05 Å². The number of pyridine rings is 1.